The maximum absolute atomic E-state index is 5.66. The minimum atomic E-state index is -0.400. The summed E-state index contributed by atoms with van der Waals surface area (Å²) in [6.45, 7) is 1.73. The van der Waals surface area contributed by atoms with Crippen LogP contribution in [0.3, 0.4) is 0 Å². The molecule has 1 N–H and O–H groups in total. The van der Waals surface area contributed by atoms with Gasteiger partial charge in [-0.15, -0.1) is 9.74 Å². The topological polar surface area (TPSA) is 46.1 Å². The number of nitrogens with zero attached hydrogens (tertiary/aromatic N) is 2. The van der Waals surface area contributed by atoms with Crippen LogP contribution in [0, 0.1) is 0 Å². The molecular weight excluding hydrogens is 217 g/mol. The zero-order valence-electron chi connectivity index (χ0n) is 7.12. The summed E-state index contributed by atoms with van der Waals surface area (Å²) in [6, 6.07) is 0. The van der Waals surface area contributed by atoms with E-state index < -0.39 is 6.29 Å². The van der Waals surface area contributed by atoms with Crippen LogP contribution in [0.2, 0.25) is 0 Å². The van der Waals surface area contributed by atoms with E-state index >= 15 is 0 Å². The van der Waals surface area contributed by atoms with Crippen molar-refractivity contribution in [1.82, 2.24) is 10.1 Å². The number of ether oxygens (including phenoxy) is 2. The Hall–Kier alpha value is -0.650. The van der Waals surface area contributed by atoms with Crippen LogP contribution in [0.4, 0.5) is 0 Å². The van der Waals surface area contributed by atoms with E-state index in [0.717, 1.165) is 4.64 Å². The number of rotatable bonds is 2. The van der Waals surface area contributed by atoms with E-state index in [-0.39, 0.29) is 5.90 Å². The molecule has 0 fully saturated rings. The Kier molecular flexibility index (Phi) is 3.65. The van der Waals surface area contributed by atoms with Gasteiger partial charge in [-0.2, -0.15) is 0 Å². The van der Waals surface area contributed by atoms with Gasteiger partial charge in [0.2, 0.25) is 5.90 Å². The quantitative estimate of drug-likeness (QED) is 0.438. The number of halogens is 2. The van der Waals surface area contributed by atoms with E-state index in [2.05, 4.69) is 10.5 Å². The fourth-order valence-corrected chi connectivity index (χ4v) is 1.03. The highest BCUT2D eigenvalue weighted by Gasteiger charge is 2.12. The first-order valence-electron chi connectivity index (χ1n) is 3.49. The van der Waals surface area contributed by atoms with Crippen LogP contribution in [-0.4, -0.2) is 23.9 Å². The van der Waals surface area contributed by atoms with Crippen LogP contribution in [0.5, 0.6) is 0 Å². The van der Waals surface area contributed by atoms with Crippen LogP contribution in [0.1, 0.15) is 6.92 Å². The molecule has 7 heteroatoms. The fraction of sp³-hybridized carbons (Fsp3) is 0.500. The maximum atomic E-state index is 5.66. The Morgan fingerprint density at radius 1 is 1.69 bits per heavy atom. The summed E-state index contributed by atoms with van der Waals surface area (Å²) in [4.78, 5) is 0. The standard InChI is InChI=1S/C6H9Cl2N3O2/c1-4(12-2)13-6-3-5(7)9-11(8)10-6/h3-4,9H,1-2H3. The van der Waals surface area contributed by atoms with E-state index in [1.165, 1.54) is 13.2 Å². The molecule has 0 amide bonds. The van der Waals surface area contributed by atoms with Crippen molar-refractivity contribution >= 4 is 29.3 Å². The van der Waals surface area contributed by atoms with Crippen molar-refractivity contribution in [2.75, 3.05) is 7.11 Å². The highest BCUT2D eigenvalue weighted by Crippen LogP contribution is 2.09. The second-order valence-electron chi connectivity index (χ2n) is 2.22. The molecule has 0 saturated heterocycles. The van der Waals surface area contributed by atoms with E-state index in [9.17, 15) is 0 Å². The Labute approximate surface area is 86.0 Å². The second kappa shape index (κ2) is 4.55. The van der Waals surface area contributed by atoms with Gasteiger partial charge in [0.05, 0.1) is 11.8 Å². The molecule has 0 spiro atoms. The Morgan fingerprint density at radius 3 is 2.92 bits per heavy atom. The van der Waals surface area contributed by atoms with Gasteiger partial charge in [0, 0.05) is 13.2 Å². The summed E-state index contributed by atoms with van der Waals surface area (Å²) in [5.41, 5.74) is 2.52. The molecule has 0 aromatic rings. The summed E-state index contributed by atoms with van der Waals surface area (Å²) in [5.74, 6) is 0.285. The monoisotopic (exact) mass is 225 g/mol. The Balaban J connectivity index is 2.58. The zero-order valence-corrected chi connectivity index (χ0v) is 8.63. The summed E-state index contributed by atoms with van der Waals surface area (Å²) in [6.07, 6.45) is 1.10. The lowest BCUT2D eigenvalue weighted by atomic mass is 10.6. The number of hydrogen-bond acceptors (Lipinski definition) is 5. The fourth-order valence-electron chi connectivity index (χ4n) is 0.645. The molecule has 0 radical (unpaired) electrons. The molecule has 1 unspecified atom stereocenters. The van der Waals surface area contributed by atoms with Crippen LogP contribution in [-0.2, 0) is 9.47 Å². The van der Waals surface area contributed by atoms with Gasteiger partial charge >= 0.3 is 0 Å². The normalized spacial score (nSPS) is 18.6. The molecule has 13 heavy (non-hydrogen) atoms. The lowest BCUT2D eigenvalue weighted by Gasteiger charge is -2.19. The molecule has 1 rings (SSSR count). The first kappa shape index (κ1) is 10.4. The van der Waals surface area contributed by atoms with E-state index in [1.54, 1.807) is 6.92 Å². The van der Waals surface area contributed by atoms with Gasteiger partial charge in [0.25, 0.3) is 0 Å². The molecule has 1 atom stereocenters. The second-order valence-corrected chi connectivity index (χ2v) is 2.95. The Morgan fingerprint density at radius 2 is 2.38 bits per heavy atom. The van der Waals surface area contributed by atoms with E-state index in [4.69, 9.17) is 32.9 Å². The van der Waals surface area contributed by atoms with Crippen LogP contribution < -0.4 is 5.43 Å². The Bertz CT molecular complexity index is 244. The molecular formula is C6H9Cl2N3O2. The van der Waals surface area contributed by atoms with E-state index in [1.807, 2.05) is 0 Å². The third-order valence-electron chi connectivity index (χ3n) is 1.25. The molecule has 0 saturated carbocycles. The van der Waals surface area contributed by atoms with Gasteiger partial charge in [-0.05, 0) is 6.92 Å². The predicted octanol–water partition coefficient (Wildman–Crippen LogP) is 1.36. The van der Waals surface area contributed by atoms with Crippen LogP contribution in [0.15, 0.2) is 16.3 Å². The van der Waals surface area contributed by atoms with Crippen molar-refractivity contribution < 1.29 is 9.47 Å². The SMILES string of the molecule is COC(C)OC1=NN(Cl)NC(Cl)=C1. The number of hydrazone groups is 1. The lowest BCUT2D eigenvalue weighted by Crippen LogP contribution is -2.30. The van der Waals surface area contributed by atoms with Gasteiger partial charge in [-0.1, -0.05) is 11.6 Å². The van der Waals surface area contributed by atoms with Crippen LogP contribution >= 0.6 is 23.4 Å². The lowest BCUT2D eigenvalue weighted by molar-refractivity contribution is -0.0478. The highest BCUT2D eigenvalue weighted by molar-refractivity contribution is 6.31. The molecule has 74 valence electrons. The van der Waals surface area contributed by atoms with Gasteiger partial charge in [-0.25, -0.2) is 0 Å². The van der Waals surface area contributed by atoms with Crippen molar-refractivity contribution in [2.45, 2.75) is 13.2 Å². The summed E-state index contributed by atoms with van der Waals surface area (Å²) < 4.78 is 11.0. The molecule has 0 aromatic heterocycles. The van der Waals surface area contributed by atoms with Gasteiger partial charge < -0.3 is 9.47 Å². The summed E-state index contributed by atoms with van der Waals surface area (Å²) in [5, 5.41) is 4.08. The van der Waals surface area contributed by atoms with Crippen LogP contribution in [0.25, 0.3) is 0 Å². The first-order valence-corrected chi connectivity index (χ1v) is 4.21. The van der Waals surface area contributed by atoms with Gasteiger partial charge in [-0.3, -0.25) is 5.43 Å². The average Bonchev–Trinajstić information content (AvgIpc) is 2.02. The largest absolute Gasteiger partial charge is 0.447 e. The van der Waals surface area contributed by atoms with Gasteiger partial charge in [0.15, 0.2) is 6.29 Å². The third kappa shape index (κ3) is 3.30. The molecule has 5 nitrogen and oxygen atoms in total. The average molecular weight is 226 g/mol. The minimum absolute atomic E-state index is 0.285. The minimum Gasteiger partial charge on any atom is -0.447 e. The third-order valence-corrected chi connectivity index (χ3v) is 1.61. The molecule has 0 bridgehead atoms. The molecule has 0 aromatic carbocycles. The van der Waals surface area contributed by atoms with Crippen molar-refractivity contribution in [3.8, 4) is 0 Å². The maximum Gasteiger partial charge on any atom is 0.239 e. The smallest absolute Gasteiger partial charge is 0.239 e. The first-order chi connectivity index (χ1) is 6.11. The molecule has 1 aliphatic heterocycles. The zero-order chi connectivity index (χ0) is 9.84. The number of hydrogen-bond donors (Lipinski definition) is 1. The van der Waals surface area contributed by atoms with Gasteiger partial charge in [0.1, 0.15) is 5.16 Å². The molecule has 1 heterocycles. The molecule has 0 aliphatic carbocycles. The number of methoxy groups -OCH3 is 1. The summed E-state index contributed by atoms with van der Waals surface area (Å²) >= 11 is 11.2. The van der Waals surface area contributed by atoms with Crippen molar-refractivity contribution in [3.05, 3.63) is 11.2 Å². The van der Waals surface area contributed by atoms with Crippen molar-refractivity contribution in [3.63, 3.8) is 0 Å². The van der Waals surface area contributed by atoms with E-state index in [0.29, 0.717) is 5.16 Å². The highest BCUT2D eigenvalue weighted by atomic mass is 35.5. The predicted molar refractivity (Wildman–Crippen MR) is 49.8 cm³/mol. The number of hydrazine groups is 1. The van der Waals surface area contributed by atoms with Crippen molar-refractivity contribution in [2.24, 2.45) is 5.10 Å². The molecule has 1 aliphatic rings. The van der Waals surface area contributed by atoms with Crippen molar-refractivity contribution in [1.29, 1.82) is 0 Å². The summed E-state index contributed by atoms with van der Waals surface area (Å²) in [7, 11) is 1.52. The number of nitrogens with one attached hydrogen (secondary N) is 1.